The van der Waals surface area contributed by atoms with Crippen LogP contribution in [-0.4, -0.2) is 0 Å². The van der Waals surface area contributed by atoms with Crippen molar-refractivity contribution < 1.29 is 0 Å². The summed E-state index contributed by atoms with van der Waals surface area (Å²) in [6.07, 6.45) is 0. The standard InChI is InChI=1S/C13H9Cl3IN/c14-11-4-5-12(15)13(16)10(11)7-18-9-3-1-2-8(17)6-9/h1-6,18H,7H2. The van der Waals surface area contributed by atoms with E-state index in [0.29, 0.717) is 21.6 Å². The Morgan fingerprint density at radius 3 is 2.44 bits per heavy atom. The summed E-state index contributed by atoms with van der Waals surface area (Å²) in [7, 11) is 0. The molecule has 0 saturated carbocycles. The van der Waals surface area contributed by atoms with Crippen molar-refractivity contribution in [3.63, 3.8) is 0 Å². The van der Waals surface area contributed by atoms with E-state index in [1.165, 1.54) is 3.57 Å². The van der Waals surface area contributed by atoms with Crippen molar-refractivity contribution in [3.8, 4) is 0 Å². The molecule has 94 valence electrons. The summed E-state index contributed by atoms with van der Waals surface area (Å²) in [5, 5.41) is 4.91. The zero-order valence-electron chi connectivity index (χ0n) is 9.18. The number of nitrogens with one attached hydrogen (secondary N) is 1. The average Bonchev–Trinajstić information content (AvgIpc) is 2.34. The molecule has 0 aliphatic heterocycles. The van der Waals surface area contributed by atoms with Crippen molar-refractivity contribution in [2.75, 3.05) is 5.32 Å². The van der Waals surface area contributed by atoms with Crippen LogP contribution in [-0.2, 0) is 6.54 Å². The highest BCUT2D eigenvalue weighted by molar-refractivity contribution is 14.1. The first-order chi connectivity index (χ1) is 8.58. The van der Waals surface area contributed by atoms with Crippen LogP contribution < -0.4 is 5.32 Å². The van der Waals surface area contributed by atoms with Gasteiger partial charge in [0.25, 0.3) is 0 Å². The largest absolute Gasteiger partial charge is 0.381 e. The molecule has 1 N–H and O–H groups in total. The second-order valence-electron chi connectivity index (χ2n) is 3.69. The lowest BCUT2D eigenvalue weighted by molar-refractivity contribution is 1.15. The van der Waals surface area contributed by atoms with Crippen LogP contribution in [0.25, 0.3) is 0 Å². The Bertz CT molecular complexity index is 572. The van der Waals surface area contributed by atoms with Gasteiger partial charge in [0.1, 0.15) is 0 Å². The molecule has 2 rings (SSSR count). The first-order valence-corrected chi connectivity index (χ1v) is 7.41. The molecule has 1 nitrogen and oxygen atoms in total. The molecule has 5 heteroatoms. The Kier molecular flexibility index (Phi) is 5.01. The fourth-order valence-corrected chi connectivity index (χ4v) is 2.74. The Hall–Kier alpha value is -0.160. The van der Waals surface area contributed by atoms with Crippen LogP contribution in [0, 0.1) is 3.57 Å². The second kappa shape index (κ2) is 6.33. The lowest BCUT2D eigenvalue weighted by Gasteiger charge is -2.11. The van der Waals surface area contributed by atoms with Gasteiger partial charge in [-0.15, -0.1) is 0 Å². The van der Waals surface area contributed by atoms with E-state index in [2.05, 4.69) is 27.9 Å². The molecular formula is C13H9Cl3IN. The molecule has 2 aromatic carbocycles. The van der Waals surface area contributed by atoms with Gasteiger partial charge in [0.2, 0.25) is 0 Å². The van der Waals surface area contributed by atoms with Crippen molar-refractivity contribution >= 4 is 63.1 Å². The predicted molar refractivity (Wildman–Crippen MR) is 88.0 cm³/mol. The van der Waals surface area contributed by atoms with Gasteiger partial charge in [-0.1, -0.05) is 40.9 Å². The third kappa shape index (κ3) is 3.44. The molecular weight excluding hydrogens is 403 g/mol. The maximum Gasteiger partial charge on any atom is 0.0657 e. The molecule has 2 aromatic rings. The maximum atomic E-state index is 6.14. The van der Waals surface area contributed by atoms with Gasteiger partial charge in [0.05, 0.1) is 10.0 Å². The van der Waals surface area contributed by atoms with Gasteiger partial charge in [-0.3, -0.25) is 0 Å². The number of hydrogen-bond acceptors (Lipinski definition) is 1. The highest BCUT2D eigenvalue weighted by atomic mass is 127. The first kappa shape index (κ1) is 14.3. The van der Waals surface area contributed by atoms with Crippen molar-refractivity contribution in [1.29, 1.82) is 0 Å². The SMILES string of the molecule is Clc1ccc(Cl)c(CNc2cccc(I)c2)c1Cl. The number of rotatable bonds is 3. The Morgan fingerprint density at radius 2 is 1.72 bits per heavy atom. The predicted octanol–water partition coefficient (Wildman–Crippen LogP) is 5.86. The molecule has 0 aromatic heterocycles. The van der Waals surface area contributed by atoms with Crippen LogP contribution in [0.15, 0.2) is 36.4 Å². The van der Waals surface area contributed by atoms with Crippen molar-refractivity contribution in [2.45, 2.75) is 6.54 Å². The first-order valence-electron chi connectivity index (χ1n) is 5.20. The number of halogens is 4. The van der Waals surface area contributed by atoms with E-state index < -0.39 is 0 Å². The molecule has 0 unspecified atom stereocenters. The summed E-state index contributed by atoms with van der Waals surface area (Å²) in [4.78, 5) is 0. The van der Waals surface area contributed by atoms with E-state index in [-0.39, 0.29) is 0 Å². The van der Waals surface area contributed by atoms with Gasteiger partial charge in [0.15, 0.2) is 0 Å². The molecule has 0 aliphatic carbocycles. The third-order valence-electron chi connectivity index (χ3n) is 2.43. The van der Waals surface area contributed by atoms with Crippen LogP contribution in [0.4, 0.5) is 5.69 Å². The zero-order chi connectivity index (χ0) is 13.1. The summed E-state index contributed by atoms with van der Waals surface area (Å²) in [5.41, 5.74) is 1.83. The summed E-state index contributed by atoms with van der Waals surface area (Å²) in [5.74, 6) is 0. The minimum atomic E-state index is 0.502. The van der Waals surface area contributed by atoms with Crippen LogP contribution in [0.3, 0.4) is 0 Å². The number of benzene rings is 2. The fraction of sp³-hybridized carbons (Fsp3) is 0.0769. The normalized spacial score (nSPS) is 10.4. The van der Waals surface area contributed by atoms with Crippen molar-refractivity contribution in [1.82, 2.24) is 0 Å². The van der Waals surface area contributed by atoms with Gasteiger partial charge >= 0.3 is 0 Å². The Morgan fingerprint density at radius 1 is 1.00 bits per heavy atom. The van der Waals surface area contributed by atoms with Crippen molar-refractivity contribution in [2.24, 2.45) is 0 Å². The Labute approximate surface area is 135 Å². The van der Waals surface area contributed by atoms with E-state index in [1.807, 2.05) is 24.3 Å². The molecule has 18 heavy (non-hydrogen) atoms. The number of hydrogen-bond donors (Lipinski definition) is 1. The van der Waals surface area contributed by atoms with Gasteiger partial charge in [-0.2, -0.15) is 0 Å². The van der Waals surface area contributed by atoms with Crippen LogP contribution in [0.1, 0.15) is 5.56 Å². The molecule has 0 heterocycles. The fourth-order valence-electron chi connectivity index (χ4n) is 1.52. The van der Waals surface area contributed by atoms with E-state index in [4.69, 9.17) is 34.8 Å². The summed E-state index contributed by atoms with van der Waals surface area (Å²) < 4.78 is 1.17. The second-order valence-corrected chi connectivity index (χ2v) is 6.12. The van der Waals surface area contributed by atoms with E-state index >= 15 is 0 Å². The highest BCUT2D eigenvalue weighted by Gasteiger charge is 2.09. The molecule has 0 radical (unpaired) electrons. The summed E-state index contributed by atoms with van der Waals surface area (Å²) >= 11 is 20.5. The van der Waals surface area contributed by atoms with Crippen LogP contribution in [0.5, 0.6) is 0 Å². The number of anilines is 1. The quantitative estimate of drug-likeness (QED) is 0.492. The molecule has 0 saturated heterocycles. The smallest absolute Gasteiger partial charge is 0.0657 e. The van der Waals surface area contributed by atoms with Crippen LogP contribution >= 0.6 is 57.4 Å². The lowest BCUT2D eigenvalue weighted by atomic mass is 10.2. The van der Waals surface area contributed by atoms with Crippen LogP contribution in [0.2, 0.25) is 15.1 Å². The van der Waals surface area contributed by atoms with Crippen molar-refractivity contribution in [3.05, 3.63) is 60.6 Å². The van der Waals surface area contributed by atoms with E-state index in [9.17, 15) is 0 Å². The maximum absolute atomic E-state index is 6.14. The highest BCUT2D eigenvalue weighted by Crippen LogP contribution is 2.31. The lowest BCUT2D eigenvalue weighted by Crippen LogP contribution is -2.01. The minimum Gasteiger partial charge on any atom is -0.381 e. The molecule has 0 atom stereocenters. The topological polar surface area (TPSA) is 12.0 Å². The van der Waals surface area contributed by atoms with E-state index in [0.717, 1.165) is 11.3 Å². The average molecular weight is 412 g/mol. The molecule has 0 bridgehead atoms. The molecule has 0 fully saturated rings. The van der Waals surface area contributed by atoms with E-state index in [1.54, 1.807) is 12.1 Å². The summed E-state index contributed by atoms with van der Waals surface area (Å²) in [6.45, 7) is 0.540. The van der Waals surface area contributed by atoms with Gasteiger partial charge in [-0.25, -0.2) is 0 Å². The van der Waals surface area contributed by atoms with Gasteiger partial charge in [-0.05, 0) is 52.9 Å². The molecule has 0 aliphatic rings. The zero-order valence-corrected chi connectivity index (χ0v) is 13.6. The van der Waals surface area contributed by atoms with Gasteiger partial charge in [0, 0.05) is 26.4 Å². The molecule has 0 spiro atoms. The Balaban J connectivity index is 2.18. The third-order valence-corrected chi connectivity index (χ3v) is 4.30. The monoisotopic (exact) mass is 411 g/mol. The molecule has 0 amide bonds. The summed E-state index contributed by atoms with van der Waals surface area (Å²) in [6, 6.07) is 11.5. The van der Waals surface area contributed by atoms with Gasteiger partial charge < -0.3 is 5.32 Å². The minimum absolute atomic E-state index is 0.502.